The second-order valence-corrected chi connectivity index (χ2v) is 6.05. The molecular weight excluding hydrogens is 278 g/mol. The van der Waals surface area contributed by atoms with Crippen molar-refractivity contribution in [2.75, 3.05) is 12.8 Å². The van der Waals surface area contributed by atoms with Crippen LogP contribution in [0.15, 0.2) is 59.5 Å². The Balaban J connectivity index is 1.74. The van der Waals surface area contributed by atoms with E-state index >= 15 is 0 Å². The zero-order valence-corrected chi connectivity index (χ0v) is 12.9. The van der Waals surface area contributed by atoms with E-state index in [0.29, 0.717) is 0 Å². The van der Waals surface area contributed by atoms with Gasteiger partial charge in [-0.3, -0.25) is 4.68 Å². The summed E-state index contributed by atoms with van der Waals surface area (Å²) in [7, 11) is 1.96. The third kappa shape index (κ3) is 3.28. The molecule has 2 aromatic carbocycles. The molecular formula is C17H19N3S. The van der Waals surface area contributed by atoms with E-state index < -0.39 is 0 Å². The van der Waals surface area contributed by atoms with Crippen LogP contribution < -0.4 is 5.32 Å². The summed E-state index contributed by atoms with van der Waals surface area (Å²) < 4.78 is 2.12. The summed E-state index contributed by atoms with van der Waals surface area (Å²) in [6.45, 7) is 1.73. The molecule has 0 aliphatic rings. The second-order valence-electron chi connectivity index (χ2n) is 4.88. The molecule has 3 aromatic rings. The summed E-state index contributed by atoms with van der Waals surface area (Å²) in [5.41, 5.74) is 2.34. The number of benzene rings is 2. The van der Waals surface area contributed by atoms with Crippen LogP contribution in [0.4, 0.5) is 0 Å². The Morgan fingerprint density at radius 1 is 1.05 bits per heavy atom. The van der Waals surface area contributed by atoms with Gasteiger partial charge in [0, 0.05) is 22.6 Å². The fourth-order valence-corrected chi connectivity index (χ4v) is 3.28. The van der Waals surface area contributed by atoms with E-state index in [4.69, 9.17) is 5.10 Å². The minimum atomic E-state index is 0.805. The number of thioether (sulfide) groups is 1. The van der Waals surface area contributed by atoms with Gasteiger partial charge in [0.2, 0.25) is 0 Å². The van der Waals surface area contributed by atoms with E-state index in [1.54, 1.807) is 0 Å². The van der Waals surface area contributed by atoms with Crippen LogP contribution in [0.1, 0.15) is 5.69 Å². The minimum Gasteiger partial charge on any atom is -0.314 e. The first-order valence-electron chi connectivity index (χ1n) is 7.15. The van der Waals surface area contributed by atoms with Crippen LogP contribution in [-0.4, -0.2) is 22.6 Å². The van der Waals surface area contributed by atoms with Crippen LogP contribution >= 0.6 is 11.8 Å². The fraction of sp³-hybridized carbons (Fsp3) is 0.235. The molecule has 0 bridgehead atoms. The molecule has 3 rings (SSSR count). The summed E-state index contributed by atoms with van der Waals surface area (Å²) >= 11 is 1.87. The van der Waals surface area contributed by atoms with Gasteiger partial charge in [0.05, 0.1) is 17.8 Å². The van der Waals surface area contributed by atoms with Crippen molar-refractivity contribution in [3.05, 3.63) is 60.3 Å². The highest BCUT2D eigenvalue weighted by Crippen LogP contribution is 2.21. The van der Waals surface area contributed by atoms with Gasteiger partial charge in [0.15, 0.2) is 0 Å². The zero-order chi connectivity index (χ0) is 14.5. The van der Waals surface area contributed by atoms with Crippen molar-refractivity contribution in [1.29, 1.82) is 0 Å². The smallest absolute Gasteiger partial charge is 0.0841 e. The van der Waals surface area contributed by atoms with Gasteiger partial charge in [0.25, 0.3) is 0 Å². The van der Waals surface area contributed by atoms with Gasteiger partial charge in [-0.2, -0.15) is 5.10 Å². The number of aromatic nitrogens is 2. The van der Waals surface area contributed by atoms with Gasteiger partial charge in [-0.05, 0) is 25.2 Å². The standard InChI is InChI=1S/C17H19N3S/c1-18-13-16-15-9-5-6-10-17(15)20(19-16)11-12-21-14-7-3-2-4-8-14/h2-10,18H,11-13H2,1H3. The highest BCUT2D eigenvalue weighted by atomic mass is 32.2. The molecule has 1 aromatic heterocycles. The summed E-state index contributed by atoms with van der Waals surface area (Å²) in [5.74, 6) is 1.02. The molecule has 0 spiro atoms. The number of nitrogens with zero attached hydrogens (tertiary/aromatic N) is 2. The lowest BCUT2D eigenvalue weighted by Crippen LogP contribution is -2.08. The van der Waals surface area contributed by atoms with Crippen molar-refractivity contribution < 1.29 is 0 Å². The summed E-state index contributed by atoms with van der Waals surface area (Å²) in [5, 5.41) is 9.19. The second kappa shape index (κ2) is 6.78. The predicted molar refractivity (Wildman–Crippen MR) is 89.7 cm³/mol. The summed E-state index contributed by atoms with van der Waals surface area (Å²) in [6.07, 6.45) is 0. The van der Waals surface area contributed by atoms with Crippen molar-refractivity contribution in [3.8, 4) is 0 Å². The Kier molecular flexibility index (Phi) is 4.58. The molecule has 0 saturated heterocycles. The Labute approximate surface area is 129 Å². The quantitative estimate of drug-likeness (QED) is 0.706. The average Bonchev–Trinajstić information content (AvgIpc) is 2.87. The molecule has 1 N–H and O–H groups in total. The molecule has 108 valence electrons. The SMILES string of the molecule is CNCc1nn(CCSc2ccccc2)c2ccccc12. The number of nitrogens with one attached hydrogen (secondary N) is 1. The fourth-order valence-electron chi connectivity index (χ4n) is 2.43. The third-order valence-corrected chi connectivity index (χ3v) is 4.39. The van der Waals surface area contributed by atoms with Crippen LogP contribution in [0.3, 0.4) is 0 Å². The number of aryl methyl sites for hydroxylation is 1. The van der Waals surface area contributed by atoms with E-state index in [1.807, 2.05) is 18.8 Å². The summed E-state index contributed by atoms with van der Waals surface area (Å²) in [4.78, 5) is 1.31. The molecule has 0 aliphatic carbocycles. The maximum absolute atomic E-state index is 4.75. The number of para-hydroxylation sites is 1. The lowest BCUT2D eigenvalue weighted by Gasteiger charge is -2.03. The van der Waals surface area contributed by atoms with Crippen LogP contribution in [-0.2, 0) is 13.1 Å². The van der Waals surface area contributed by atoms with Crippen molar-refractivity contribution in [3.63, 3.8) is 0 Å². The molecule has 0 fully saturated rings. The van der Waals surface area contributed by atoms with Crippen LogP contribution in [0.2, 0.25) is 0 Å². The highest BCUT2D eigenvalue weighted by Gasteiger charge is 2.08. The monoisotopic (exact) mass is 297 g/mol. The van der Waals surface area contributed by atoms with E-state index in [2.05, 4.69) is 64.6 Å². The third-order valence-electron chi connectivity index (χ3n) is 3.39. The Bertz CT molecular complexity index is 706. The molecule has 0 radical (unpaired) electrons. The first-order chi connectivity index (χ1) is 10.4. The molecule has 0 aliphatic heterocycles. The van der Waals surface area contributed by atoms with Crippen LogP contribution in [0.5, 0.6) is 0 Å². The molecule has 4 heteroatoms. The lowest BCUT2D eigenvalue weighted by molar-refractivity contribution is 0.661. The minimum absolute atomic E-state index is 0.805. The number of hydrogen-bond donors (Lipinski definition) is 1. The Morgan fingerprint density at radius 2 is 1.81 bits per heavy atom. The van der Waals surface area contributed by atoms with E-state index in [0.717, 1.165) is 24.5 Å². The van der Waals surface area contributed by atoms with Gasteiger partial charge in [-0.15, -0.1) is 11.8 Å². The molecule has 1 heterocycles. The van der Waals surface area contributed by atoms with E-state index in [9.17, 15) is 0 Å². The Hall–Kier alpha value is -1.78. The van der Waals surface area contributed by atoms with Gasteiger partial charge >= 0.3 is 0 Å². The maximum atomic E-state index is 4.75. The number of hydrogen-bond acceptors (Lipinski definition) is 3. The van der Waals surface area contributed by atoms with Gasteiger partial charge < -0.3 is 5.32 Å². The molecule has 0 saturated carbocycles. The molecule has 0 amide bonds. The molecule has 0 unspecified atom stereocenters. The zero-order valence-electron chi connectivity index (χ0n) is 12.1. The maximum Gasteiger partial charge on any atom is 0.0841 e. The number of rotatable bonds is 6. The van der Waals surface area contributed by atoms with E-state index in [1.165, 1.54) is 15.8 Å². The highest BCUT2D eigenvalue weighted by molar-refractivity contribution is 7.99. The Morgan fingerprint density at radius 3 is 2.62 bits per heavy atom. The van der Waals surface area contributed by atoms with Crippen LogP contribution in [0, 0.1) is 0 Å². The summed E-state index contributed by atoms with van der Waals surface area (Å²) in [6, 6.07) is 19.0. The van der Waals surface area contributed by atoms with Crippen molar-refractivity contribution in [2.45, 2.75) is 18.0 Å². The van der Waals surface area contributed by atoms with Crippen LogP contribution in [0.25, 0.3) is 10.9 Å². The molecule has 0 atom stereocenters. The molecule has 3 nitrogen and oxygen atoms in total. The first kappa shape index (κ1) is 14.2. The molecule has 21 heavy (non-hydrogen) atoms. The first-order valence-corrected chi connectivity index (χ1v) is 8.14. The average molecular weight is 297 g/mol. The van der Waals surface area contributed by atoms with Crippen molar-refractivity contribution >= 4 is 22.7 Å². The van der Waals surface area contributed by atoms with E-state index in [-0.39, 0.29) is 0 Å². The lowest BCUT2D eigenvalue weighted by atomic mass is 10.2. The predicted octanol–water partition coefficient (Wildman–Crippen LogP) is 3.55. The normalized spacial score (nSPS) is 11.1. The number of fused-ring (bicyclic) bond motifs is 1. The van der Waals surface area contributed by atoms with Gasteiger partial charge in [-0.1, -0.05) is 36.4 Å². The van der Waals surface area contributed by atoms with Gasteiger partial charge in [-0.25, -0.2) is 0 Å². The van der Waals surface area contributed by atoms with Crippen molar-refractivity contribution in [1.82, 2.24) is 15.1 Å². The van der Waals surface area contributed by atoms with Crippen molar-refractivity contribution in [2.24, 2.45) is 0 Å². The largest absolute Gasteiger partial charge is 0.314 e. The van der Waals surface area contributed by atoms with Gasteiger partial charge in [0.1, 0.15) is 0 Å². The topological polar surface area (TPSA) is 29.9 Å².